The van der Waals surface area contributed by atoms with Gasteiger partial charge in [-0.1, -0.05) is 24.3 Å². The van der Waals surface area contributed by atoms with Crippen LogP contribution in [0.4, 0.5) is 0 Å². The number of aliphatic hydroxyl groups excluding tert-OH is 4. The lowest BCUT2D eigenvalue weighted by Gasteiger charge is -2.40. The molecule has 1 saturated heterocycles. The lowest BCUT2D eigenvalue weighted by molar-refractivity contribution is -0.311. The molecule has 0 saturated carbocycles. The number of aryl methyl sites for hydroxylation is 2. The summed E-state index contributed by atoms with van der Waals surface area (Å²) in [7, 11) is 0. The fourth-order valence-corrected chi connectivity index (χ4v) is 3.88. The van der Waals surface area contributed by atoms with Gasteiger partial charge in [0.1, 0.15) is 41.7 Å². The molecule has 0 aromatic heterocycles. The number of carbonyl (C=O) groups is 1. The Hall–Kier alpha value is -2.53. The SMILES string of the molecule is O=C(CCc1ccc(O)cc1)C[C@H](CCc1ccc(O)cc1)O[C@H]1O[C@@H](CO)[C@H](O)[C@@H](O)[C@@H]1O. The number of hydrogen-bond acceptors (Lipinski definition) is 9. The molecule has 2 aromatic carbocycles. The Kier molecular flexibility index (Phi) is 9.40. The van der Waals surface area contributed by atoms with Gasteiger partial charge < -0.3 is 40.1 Å². The van der Waals surface area contributed by atoms with Crippen LogP contribution in [0.1, 0.15) is 30.4 Å². The highest BCUT2D eigenvalue weighted by Gasteiger charge is 2.44. The highest BCUT2D eigenvalue weighted by Crippen LogP contribution is 2.25. The van der Waals surface area contributed by atoms with Crippen LogP contribution in [0, 0.1) is 0 Å². The number of ether oxygens (including phenoxy) is 2. The molecule has 34 heavy (non-hydrogen) atoms. The minimum absolute atomic E-state index is 0.0329. The monoisotopic (exact) mass is 476 g/mol. The Balaban J connectivity index is 1.64. The number of phenolic OH excluding ortho intramolecular Hbond substituents is 2. The van der Waals surface area contributed by atoms with Gasteiger partial charge in [-0.05, 0) is 54.7 Å². The van der Waals surface area contributed by atoms with Gasteiger partial charge >= 0.3 is 0 Å². The van der Waals surface area contributed by atoms with E-state index in [4.69, 9.17) is 9.47 Å². The maximum absolute atomic E-state index is 12.7. The first-order valence-electron chi connectivity index (χ1n) is 11.3. The average molecular weight is 477 g/mol. The molecule has 9 heteroatoms. The van der Waals surface area contributed by atoms with Crippen LogP contribution in [-0.4, -0.2) is 79.8 Å². The van der Waals surface area contributed by atoms with Crippen LogP contribution in [0.25, 0.3) is 0 Å². The maximum atomic E-state index is 12.7. The lowest BCUT2D eigenvalue weighted by Crippen LogP contribution is -2.59. The second-order valence-corrected chi connectivity index (χ2v) is 8.57. The number of rotatable bonds is 11. The van der Waals surface area contributed by atoms with Crippen molar-refractivity contribution in [3.63, 3.8) is 0 Å². The molecule has 0 aliphatic carbocycles. The molecular formula is C25H32O9. The van der Waals surface area contributed by atoms with Crippen molar-refractivity contribution in [2.75, 3.05) is 6.61 Å². The first kappa shape index (κ1) is 26.1. The molecule has 9 nitrogen and oxygen atoms in total. The molecule has 0 bridgehead atoms. The number of Topliss-reactive ketones (excluding diaryl/α,β-unsaturated/α-hetero) is 1. The molecular weight excluding hydrogens is 444 g/mol. The van der Waals surface area contributed by atoms with Crippen LogP contribution < -0.4 is 0 Å². The van der Waals surface area contributed by atoms with Gasteiger partial charge in [0.2, 0.25) is 0 Å². The number of hydrogen-bond donors (Lipinski definition) is 6. The predicted octanol–water partition coefficient (Wildman–Crippen LogP) is 0.807. The van der Waals surface area contributed by atoms with E-state index in [0.717, 1.165) is 11.1 Å². The number of benzene rings is 2. The number of aromatic hydroxyl groups is 2. The Morgan fingerprint density at radius 2 is 1.41 bits per heavy atom. The molecule has 0 radical (unpaired) electrons. The van der Waals surface area contributed by atoms with Crippen LogP contribution in [0.5, 0.6) is 11.5 Å². The molecule has 6 atom stereocenters. The van der Waals surface area contributed by atoms with Gasteiger partial charge in [0.25, 0.3) is 0 Å². The van der Waals surface area contributed by atoms with Crippen LogP contribution in [0.15, 0.2) is 48.5 Å². The van der Waals surface area contributed by atoms with E-state index in [1.54, 1.807) is 48.5 Å². The molecule has 1 aliphatic heterocycles. The number of ketones is 1. The Labute approximate surface area is 197 Å². The van der Waals surface area contributed by atoms with E-state index >= 15 is 0 Å². The highest BCUT2D eigenvalue weighted by molar-refractivity contribution is 5.79. The second-order valence-electron chi connectivity index (χ2n) is 8.57. The zero-order valence-corrected chi connectivity index (χ0v) is 18.7. The average Bonchev–Trinajstić information content (AvgIpc) is 2.83. The van der Waals surface area contributed by atoms with Crippen LogP contribution in [0.2, 0.25) is 0 Å². The molecule has 3 rings (SSSR count). The third-order valence-electron chi connectivity index (χ3n) is 5.95. The minimum atomic E-state index is -1.57. The topological polar surface area (TPSA) is 157 Å². The summed E-state index contributed by atoms with van der Waals surface area (Å²) in [5, 5.41) is 58.6. The molecule has 1 heterocycles. The molecule has 0 unspecified atom stereocenters. The second kappa shape index (κ2) is 12.3. The molecule has 0 amide bonds. The molecule has 2 aromatic rings. The van der Waals surface area contributed by atoms with Crippen molar-refractivity contribution in [3.8, 4) is 11.5 Å². The van der Waals surface area contributed by atoms with Crippen LogP contribution in [-0.2, 0) is 27.1 Å². The van der Waals surface area contributed by atoms with Gasteiger partial charge in [-0.3, -0.25) is 4.79 Å². The van der Waals surface area contributed by atoms with Crippen molar-refractivity contribution in [2.45, 2.75) is 68.9 Å². The van der Waals surface area contributed by atoms with Crippen molar-refractivity contribution in [1.29, 1.82) is 0 Å². The van der Waals surface area contributed by atoms with E-state index < -0.39 is 43.4 Å². The van der Waals surface area contributed by atoms with Crippen LogP contribution >= 0.6 is 0 Å². The summed E-state index contributed by atoms with van der Waals surface area (Å²) in [5.74, 6) is 0.216. The number of aliphatic hydroxyl groups is 4. The molecule has 1 fully saturated rings. The number of carbonyl (C=O) groups excluding carboxylic acids is 1. The van der Waals surface area contributed by atoms with Crippen molar-refractivity contribution >= 4 is 5.78 Å². The summed E-state index contributed by atoms with van der Waals surface area (Å²) in [5.41, 5.74) is 1.82. The van der Waals surface area contributed by atoms with Gasteiger partial charge in [-0.2, -0.15) is 0 Å². The molecule has 0 spiro atoms. The summed E-state index contributed by atoms with van der Waals surface area (Å²) in [6.45, 7) is -0.575. The van der Waals surface area contributed by atoms with Crippen molar-refractivity contribution in [3.05, 3.63) is 59.7 Å². The van der Waals surface area contributed by atoms with Crippen molar-refractivity contribution in [1.82, 2.24) is 0 Å². The van der Waals surface area contributed by atoms with Gasteiger partial charge in [-0.15, -0.1) is 0 Å². The van der Waals surface area contributed by atoms with E-state index in [2.05, 4.69) is 0 Å². The van der Waals surface area contributed by atoms with E-state index in [9.17, 15) is 35.4 Å². The number of phenols is 2. The van der Waals surface area contributed by atoms with E-state index in [-0.39, 0.29) is 30.1 Å². The summed E-state index contributed by atoms with van der Waals surface area (Å²) < 4.78 is 11.3. The minimum Gasteiger partial charge on any atom is -0.508 e. The smallest absolute Gasteiger partial charge is 0.186 e. The quantitative estimate of drug-likeness (QED) is 0.276. The summed E-state index contributed by atoms with van der Waals surface area (Å²) >= 11 is 0. The van der Waals surface area contributed by atoms with Gasteiger partial charge in [-0.25, -0.2) is 0 Å². The van der Waals surface area contributed by atoms with Crippen molar-refractivity contribution in [2.24, 2.45) is 0 Å². The molecule has 6 N–H and O–H groups in total. The normalized spacial score (nSPS) is 25.7. The zero-order valence-electron chi connectivity index (χ0n) is 18.7. The summed E-state index contributed by atoms with van der Waals surface area (Å²) in [4.78, 5) is 12.7. The highest BCUT2D eigenvalue weighted by atomic mass is 16.7. The zero-order chi connectivity index (χ0) is 24.7. The fourth-order valence-electron chi connectivity index (χ4n) is 3.88. The Morgan fingerprint density at radius 3 is 1.97 bits per heavy atom. The van der Waals surface area contributed by atoms with E-state index in [1.807, 2.05) is 0 Å². The fraction of sp³-hybridized carbons (Fsp3) is 0.480. The van der Waals surface area contributed by atoms with Gasteiger partial charge in [0, 0.05) is 12.8 Å². The molecule has 186 valence electrons. The lowest BCUT2D eigenvalue weighted by atomic mass is 9.98. The van der Waals surface area contributed by atoms with Crippen LogP contribution in [0.3, 0.4) is 0 Å². The van der Waals surface area contributed by atoms with E-state index in [1.165, 1.54) is 0 Å². The first-order valence-corrected chi connectivity index (χ1v) is 11.3. The summed E-state index contributed by atoms with van der Waals surface area (Å²) in [6, 6.07) is 13.2. The van der Waals surface area contributed by atoms with Gasteiger partial charge in [0.05, 0.1) is 12.7 Å². The summed E-state index contributed by atoms with van der Waals surface area (Å²) in [6.07, 6.45) is -6.03. The van der Waals surface area contributed by atoms with E-state index in [0.29, 0.717) is 19.3 Å². The molecule has 1 aliphatic rings. The third kappa shape index (κ3) is 7.23. The first-order chi connectivity index (χ1) is 16.3. The Bertz CT molecular complexity index is 898. The largest absolute Gasteiger partial charge is 0.508 e. The van der Waals surface area contributed by atoms with Crippen molar-refractivity contribution < 1.29 is 44.9 Å². The predicted molar refractivity (Wildman–Crippen MR) is 121 cm³/mol. The Morgan fingerprint density at radius 1 is 0.853 bits per heavy atom. The maximum Gasteiger partial charge on any atom is 0.186 e. The van der Waals surface area contributed by atoms with Gasteiger partial charge in [0.15, 0.2) is 6.29 Å². The standard InChI is InChI=1S/C25H32O9/c26-14-21-22(30)23(31)24(32)25(34-21)33-20(12-6-16-3-9-18(28)10-4-16)13-19(29)11-5-15-1-7-17(27)8-2-15/h1-4,7-10,20-28,30-32H,5-6,11-14H2/t20-,21-,22-,23+,24-,25-/m0/s1. The third-order valence-corrected chi connectivity index (χ3v) is 5.95.